The van der Waals surface area contributed by atoms with Crippen LogP contribution < -0.4 is 4.72 Å². The van der Waals surface area contributed by atoms with Gasteiger partial charge in [0.15, 0.2) is 0 Å². The summed E-state index contributed by atoms with van der Waals surface area (Å²) in [5.74, 6) is -0.560. The van der Waals surface area contributed by atoms with Crippen LogP contribution in [0.4, 0.5) is 4.39 Å². The Balaban J connectivity index is 1.76. The summed E-state index contributed by atoms with van der Waals surface area (Å²) in [5.41, 5.74) is 1.22. The van der Waals surface area contributed by atoms with Crippen molar-refractivity contribution in [3.05, 3.63) is 66.0 Å². The molecule has 0 heterocycles. The molecule has 0 radical (unpaired) electrons. The summed E-state index contributed by atoms with van der Waals surface area (Å²) in [6, 6.07) is 15.1. The third-order valence-corrected chi connectivity index (χ3v) is 4.87. The van der Waals surface area contributed by atoms with Crippen molar-refractivity contribution in [1.29, 1.82) is 0 Å². The van der Waals surface area contributed by atoms with E-state index in [1.165, 1.54) is 23.8 Å². The Morgan fingerprint density at radius 2 is 1.83 bits per heavy atom. The fourth-order valence-corrected chi connectivity index (χ4v) is 3.35. The smallest absolute Gasteiger partial charge is 0.240 e. The lowest BCUT2D eigenvalue weighted by Crippen LogP contribution is -2.28. The van der Waals surface area contributed by atoms with E-state index in [4.69, 9.17) is 0 Å². The molecule has 6 heteroatoms. The molecule has 23 heavy (non-hydrogen) atoms. The second-order valence-electron chi connectivity index (χ2n) is 5.43. The van der Waals surface area contributed by atoms with E-state index in [0.717, 1.165) is 19.2 Å². The van der Waals surface area contributed by atoms with E-state index in [0.29, 0.717) is 13.0 Å². The third kappa shape index (κ3) is 5.74. The minimum atomic E-state index is -3.65. The zero-order valence-corrected chi connectivity index (χ0v) is 13.9. The minimum Gasteiger partial charge on any atom is -0.302 e. The van der Waals surface area contributed by atoms with Crippen molar-refractivity contribution in [1.82, 2.24) is 9.62 Å². The van der Waals surface area contributed by atoms with Gasteiger partial charge in [-0.25, -0.2) is 17.5 Å². The molecule has 1 N–H and O–H groups in total. The molecule has 2 rings (SSSR count). The van der Waals surface area contributed by atoms with Gasteiger partial charge < -0.3 is 4.90 Å². The number of nitrogens with zero attached hydrogens (tertiary/aromatic N) is 1. The molecular weight excluding hydrogens is 315 g/mol. The molecule has 124 valence electrons. The lowest BCUT2D eigenvalue weighted by Gasteiger charge is -2.16. The Morgan fingerprint density at radius 1 is 1.09 bits per heavy atom. The highest BCUT2D eigenvalue weighted by molar-refractivity contribution is 7.89. The summed E-state index contributed by atoms with van der Waals surface area (Å²) >= 11 is 0. The predicted octanol–water partition coefficient (Wildman–Crippen LogP) is 2.63. The van der Waals surface area contributed by atoms with Crippen LogP contribution in [0.15, 0.2) is 59.5 Å². The summed E-state index contributed by atoms with van der Waals surface area (Å²) in [7, 11) is -1.65. The van der Waals surface area contributed by atoms with Crippen molar-refractivity contribution >= 4 is 10.0 Å². The van der Waals surface area contributed by atoms with Gasteiger partial charge in [-0.15, -0.1) is 0 Å². The molecule has 2 aromatic rings. The Morgan fingerprint density at radius 3 is 2.52 bits per heavy atom. The van der Waals surface area contributed by atoms with Gasteiger partial charge in [0, 0.05) is 13.1 Å². The molecule has 0 aliphatic carbocycles. The summed E-state index contributed by atoms with van der Waals surface area (Å²) in [6.45, 7) is 1.90. The molecule has 0 fully saturated rings. The van der Waals surface area contributed by atoms with Crippen molar-refractivity contribution in [3.63, 3.8) is 0 Å². The van der Waals surface area contributed by atoms with Crippen molar-refractivity contribution in [2.24, 2.45) is 0 Å². The number of sulfonamides is 1. The van der Waals surface area contributed by atoms with Crippen LogP contribution in [0.3, 0.4) is 0 Å². The quantitative estimate of drug-likeness (QED) is 0.754. The van der Waals surface area contributed by atoms with Gasteiger partial charge in [0.1, 0.15) is 5.82 Å². The zero-order valence-electron chi connectivity index (χ0n) is 13.1. The fourth-order valence-electron chi connectivity index (χ4n) is 2.25. The van der Waals surface area contributed by atoms with E-state index in [9.17, 15) is 12.8 Å². The molecule has 0 amide bonds. The highest BCUT2D eigenvalue weighted by atomic mass is 32.2. The molecule has 0 spiro atoms. The third-order valence-electron chi connectivity index (χ3n) is 3.41. The average Bonchev–Trinajstić information content (AvgIpc) is 2.53. The Bertz CT molecular complexity index is 720. The van der Waals surface area contributed by atoms with Crippen LogP contribution in [-0.2, 0) is 16.6 Å². The number of hydrogen-bond acceptors (Lipinski definition) is 3. The minimum absolute atomic E-state index is 0.0462. The van der Waals surface area contributed by atoms with E-state index in [2.05, 4.69) is 21.8 Å². The number of hydrogen-bond donors (Lipinski definition) is 1. The van der Waals surface area contributed by atoms with Crippen LogP contribution in [0.25, 0.3) is 0 Å². The lowest BCUT2D eigenvalue weighted by atomic mass is 10.2. The largest absolute Gasteiger partial charge is 0.302 e. The number of benzene rings is 2. The van der Waals surface area contributed by atoms with Gasteiger partial charge in [-0.3, -0.25) is 0 Å². The Labute approximate surface area is 137 Å². The summed E-state index contributed by atoms with van der Waals surface area (Å²) in [6.07, 6.45) is 0.678. The van der Waals surface area contributed by atoms with Gasteiger partial charge >= 0.3 is 0 Å². The SMILES string of the molecule is CN(CCCNS(=O)(=O)c1cccc(F)c1)Cc1ccccc1. The van der Waals surface area contributed by atoms with Gasteiger partial charge in [-0.1, -0.05) is 36.4 Å². The molecule has 0 aliphatic heterocycles. The van der Waals surface area contributed by atoms with Gasteiger partial charge in [0.2, 0.25) is 10.0 Å². The van der Waals surface area contributed by atoms with Gasteiger partial charge in [0.25, 0.3) is 0 Å². The fraction of sp³-hybridized carbons (Fsp3) is 0.294. The maximum absolute atomic E-state index is 13.1. The van der Waals surface area contributed by atoms with Crippen LogP contribution in [-0.4, -0.2) is 33.5 Å². The molecule has 0 aliphatic rings. The highest BCUT2D eigenvalue weighted by Gasteiger charge is 2.13. The molecule has 0 bridgehead atoms. The first-order valence-electron chi connectivity index (χ1n) is 7.45. The van der Waals surface area contributed by atoms with E-state index >= 15 is 0 Å². The molecule has 2 aromatic carbocycles. The van der Waals surface area contributed by atoms with Gasteiger partial charge in [-0.2, -0.15) is 0 Å². The van der Waals surface area contributed by atoms with Gasteiger partial charge in [-0.05, 0) is 43.8 Å². The topological polar surface area (TPSA) is 49.4 Å². The van der Waals surface area contributed by atoms with Gasteiger partial charge in [0.05, 0.1) is 4.90 Å². The molecular formula is C17H21FN2O2S. The van der Waals surface area contributed by atoms with Crippen molar-refractivity contribution < 1.29 is 12.8 Å². The second kappa shape index (κ2) is 8.19. The average molecular weight is 336 g/mol. The monoisotopic (exact) mass is 336 g/mol. The first-order chi connectivity index (χ1) is 11.0. The first-order valence-corrected chi connectivity index (χ1v) is 8.93. The summed E-state index contributed by atoms with van der Waals surface area (Å²) in [4.78, 5) is 2.08. The van der Waals surface area contributed by atoms with Crippen LogP contribution in [0.5, 0.6) is 0 Å². The van der Waals surface area contributed by atoms with Crippen molar-refractivity contribution in [3.8, 4) is 0 Å². The molecule has 0 saturated heterocycles. The standard InChI is InChI=1S/C17H21FN2O2S/c1-20(14-15-7-3-2-4-8-15)12-6-11-19-23(21,22)17-10-5-9-16(18)13-17/h2-5,7-10,13,19H,6,11-12,14H2,1H3. The summed E-state index contributed by atoms with van der Waals surface area (Å²) < 4.78 is 39.7. The number of nitrogens with one attached hydrogen (secondary N) is 1. The van der Waals surface area contributed by atoms with E-state index < -0.39 is 15.8 Å². The second-order valence-corrected chi connectivity index (χ2v) is 7.20. The maximum Gasteiger partial charge on any atom is 0.240 e. The van der Waals surface area contributed by atoms with Crippen molar-refractivity contribution in [2.75, 3.05) is 20.1 Å². The highest BCUT2D eigenvalue weighted by Crippen LogP contribution is 2.10. The van der Waals surface area contributed by atoms with Crippen LogP contribution in [0.2, 0.25) is 0 Å². The molecule has 0 unspecified atom stereocenters. The normalized spacial score (nSPS) is 11.8. The molecule has 0 atom stereocenters. The summed E-state index contributed by atoms with van der Waals surface area (Å²) in [5, 5.41) is 0. The van der Waals surface area contributed by atoms with Crippen molar-refractivity contribution in [2.45, 2.75) is 17.9 Å². The van der Waals surface area contributed by atoms with Crippen LogP contribution in [0, 0.1) is 5.82 Å². The lowest BCUT2D eigenvalue weighted by molar-refractivity contribution is 0.322. The van der Waals surface area contributed by atoms with E-state index in [1.54, 1.807) is 0 Å². The first kappa shape index (κ1) is 17.6. The number of rotatable bonds is 8. The van der Waals surface area contributed by atoms with E-state index in [1.807, 2.05) is 25.2 Å². The molecule has 0 saturated carbocycles. The van der Waals surface area contributed by atoms with Crippen LogP contribution in [0.1, 0.15) is 12.0 Å². The van der Waals surface area contributed by atoms with E-state index in [-0.39, 0.29) is 4.90 Å². The molecule has 0 aromatic heterocycles. The number of halogens is 1. The maximum atomic E-state index is 13.1. The molecule has 4 nitrogen and oxygen atoms in total. The zero-order chi connectivity index (χ0) is 16.7. The Kier molecular flexibility index (Phi) is 6.27. The van der Waals surface area contributed by atoms with Crippen LogP contribution >= 0.6 is 0 Å². The predicted molar refractivity (Wildman–Crippen MR) is 89.0 cm³/mol. The Hall–Kier alpha value is -1.76.